The summed E-state index contributed by atoms with van der Waals surface area (Å²) in [5.41, 5.74) is 0. The summed E-state index contributed by atoms with van der Waals surface area (Å²) in [7, 11) is 0.322. The Morgan fingerprint density at radius 1 is 1.20 bits per heavy atom. The van der Waals surface area contributed by atoms with Gasteiger partial charge in [-0.3, -0.25) is 4.79 Å². The monoisotopic (exact) mass is 420 g/mol. The molecule has 0 unspecified atom stereocenters. The van der Waals surface area contributed by atoms with Crippen LogP contribution in [-0.4, -0.2) is 70.4 Å². The first-order valence-corrected chi connectivity index (χ1v) is 8.07. The zero-order chi connectivity index (χ0) is 14.9. The molecule has 0 aliphatic heterocycles. The van der Waals surface area contributed by atoms with Gasteiger partial charge in [-0.1, -0.05) is 6.92 Å². The predicted octanol–water partition coefficient (Wildman–Crippen LogP) is -0.318. The third-order valence-electron chi connectivity index (χ3n) is 2.36. The second-order valence-corrected chi connectivity index (χ2v) is 6.62. The third-order valence-corrected chi connectivity index (χ3v) is 4.07. The first-order chi connectivity index (χ1) is 8.82. The molecule has 1 amide bonds. The smallest absolute Gasteiger partial charge is 0.243 e. The highest BCUT2D eigenvalue weighted by Crippen LogP contribution is 1.87. The van der Waals surface area contributed by atoms with Gasteiger partial charge >= 0.3 is 0 Å². The molecule has 0 atom stereocenters. The number of sulfone groups is 1. The van der Waals surface area contributed by atoms with Gasteiger partial charge in [0.05, 0.1) is 5.75 Å². The number of likely N-dealkylation sites (N-methyl/N-ethyl adjacent to an activating group) is 1. The van der Waals surface area contributed by atoms with Crippen molar-refractivity contribution in [3.63, 3.8) is 0 Å². The van der Waals surface area contributed by atoms with Crippen molar-refractivity contribution in [1.29, 1.82) is 0 Å². The molecule has 120 valence electrons. The molecule has 0 radical (unpaired) electrons. The van der Waals surface area contributed by atoms with Crippen molar-refractivity contribution in [1.82, 2.24) is 15.5 Å². The average Bonchev–Trinajstić information content (AvgIpc) is 2.35. The first-order valence-electron chi connectivity index (χ1n) is 6.25. The van der Waals surface area contributed by atoms with E-state index >= 15 is 0 Å². The molecule has 0 saturated carbocycles. The van der Waals surface area contributed by atoms with E-state index in [1.54, 1.807) is 21.0 Å². The standard InChI is InChI=1S/C11H24N4O3S.HI/c1-5-12-11(14-9-10(16)15(3)4)13-7-8-19(17,18)6-2;/h5-9H2,1-4H3,(H2,12,13,14);1H. The van der Waals surface area contributed by atoms with Crippen LogP contribution in [0, 0.1) is 0 Å². The molecule has 0 aromatic heterocycles. The maximum atomic E-state index is 11.4. The number of hydrogen-bond donors (Lipinski definition) is 2. The topological polar surface area (TPSA) is 90.9 Å². The number of hydrogen-bond acceptors (Lipinski definition) is 4. The van der Waals surface area contributed by atoms with Crippen molar-refractivity contribution < 1.29 is 13.2 Å². The molecule has 0 bridgehead atoms. The van der Waals surface area contributed by atoms with Gasteiger partial charge in [-0.25, -0.2) is 13.4 Å². The van der Waals surface area contributed by atoms with Crippen LogP contribution in [-0.2, 0) is 14.6 Å². The average molecular weight is 420 g/mol. The molecule has 0 aliphatic rings. The molecule has 20 heavy (non-hydrogen) atoms. The van der Waals surface area contributed by atoms with Gasteiger partial charge < -0.3 is 15.5 Å². The number of carbonyl (C=O) groups excluding carboxylic acids is 1. The van der Waals surface area contributed by atoms with E-state index in [4.69, 9.17) is 0 Å². The fraction of sp³-hybridized carbons (Fsp3) is 0.818. The van der Waals surface area contributed by atoms with Crippen LogP contribution < -0.4 is 10.6 Å². The van der Waals surface area contributed by atoms with Gasteiger partial charge in [0, 0.05) is 32.9 Å². The molecule has 0 aromatic carbocycles. The summed E-state index contributed by atoms with van der Waals surface area (Å²) in [5.74, 6) is 0.513. The van der Waals surface area contributed by atoms with E-state index in [0.717, 1.165) is 0 Å². The Labute approximate surface area is 138 Å². The highest BCUT2D eigenvalue weighted by molar-refractivity contribution is 14.0. The van der Waals surface area contributed by atoms with E-state index < -0.39 is 9.84 Å². The van der Waals surface area contributed by atoms with Gasteiger partial charge in [0.15, 0.2) is 15.8 Å². The van der Waals surface area contributed by atoms with Crippen molar-refractivity contribution in [3.05, 3.63) is 0 Å². The van der Waals surface area contributed by atoms with Crippen LogP contribution in [0.5, 0.6) is 0 Å². The zero-order valence-electron chi connectivity index (χ0n) is 12.5. The van der Waals surface area contributed by atoms with E-state index in [0.29, 0.717) is 12.5 Å². The van der Waals surface area contributed by atoms with Crippen molar-refractivity contribution >= 4 is 45.7 Å². The lowest BCUT2D eigenvalue weighted by molar-refractivity contribution is -0.127. The fourth-order valence-corrected chi connectivity index (χ4v) is 1.80. The zero-order valence-corrected chi connectivity index (χ0v) is 15.6. The van der Waals surface area contributed by atoms with Crippen LogP contribution in [0.25, 0.3) is 0 Å². The van der Waals surface area contributed by atoms with Gasteiger partial charge in [0.25, 0.3) is 0 Å². The summed E-state index contributed by atoms with van der Waals surface area (Å²) >= 11 is 0. The lowest BCUT2D eigenvalue weighted by atomic mass is 10.5. The summed E-state index contributed by atoms with van der Waals surface area (Å²) in [4.78, 5) is 16.9. The molecular weight excluding hydrogens is 395 g/mol. The second-order valence-electron chi connectivity index (χ2n) is 4.15. The SMILES string of the molecule is CCNC(=NCC(=O)N(C)C)NCCS(=O)(=O)CC.I. The molecule has 0 heterocycles. The molecule has 0 saturated heterocycles. The Balaban J connectivity index is 0. The summed E-state index contributed by atoms with van der Waals surface area (Å²) in [6.07, 6.45) is 0. The lowest BCUT2D eigenvalue weighted by Crippen LogP contribution is -2.40. The van der Waals surface area contributed by atoms with Crippen LogP contribution in [0.4, 0.5) is 0 Å². The number of aliphatic imine (C=N–C) groups is 1. The summed E-state index contributed by atoms with van der Waals surface area (Å²) < 4.78 is 22.7. The number of rotatable bonds is 7. The highest BCUT2D eigenvalue weighted by atomic mass is 127. The minimum absolute atomic E-state index is 0. The highest BCUT2D eigenvalue weighted by Gasteiger charge is 2.08. The first kappa shape index (κ1) is 21.7. The van der Waals surface area contributed by atoms with E-state index in [2.05, 4.69) is 15.6 Å². The van der Waals surface area contributed by atoms with Crippen molar-refractivity contribution in [2.75, 3.05) is 45.2 Å². The van der Waals surface area contributed by atoms with Crippen LogP contribution in [0.1, 0.15) is 13.8 Å². The summed E-state index contributed by atoms with van der Waals surface area (Å²) in [6, 6.07) is 0. The van der Waals surface area contributed by atoms with Crippen LogP contribution in [0.15, 0.2) is 4.99 Å². The van der Waals surface area contributed by atoms with Crippen molar-refractivity contribution in [3.8, 4) is 0 Å². The van der Waals surface area contributed by atoms with Gasteiger partial charge in [0.1, 0.15) is 6.54 Å². The lowest BCUT2D eigenvalue weighted by Gasteiger charge is -2.12. The number of amides is 1. The van der Waals surface area contributed by atoms with Crippen molar-refractivity contribution in [2.24, 2.45) is 4.99 Å². The largest absolute Gasteiger partial charge is 0.357 e. The number of halogens is 1. The van der Waals surface area contributed by atoms with Gasteiger partial charge in [-0.2, -0.15) is 0 Å². The Morgan fingerprint density at radius 2 is 1.80 bits per heavy atom. The molecule has 2 N–H and O–H groups in total. The maximum Gasteiger partial charge on any atom is 0.243 e. The van der Waals surface area contributed by atoms with E-state index in [9.17, 15) is 13.2 Å². The molecule has 0 rings (SSSR count). The Morgan fingerprint density at radius 3 is 2.25 bits per heavy atom. The Bertz CT molecular complexity index is 410. The molecule has 7 nitrogen and oxygen atoms in total. The molecule has 0 aliphatic carbocycles. The van der Waals surface area contributed by atoms with Crippen LogP contribution >= 0.6 is 24.0 Å². The van der Waals surface area contributed by atoms with Crippen LogP contribution in [0.2, 0.25) is 0 Å². The van der Waals surface area contributed by atoms with E-state index in [1.165, 1.54) is 4.90 Å². The minimum atomic E-state index is -3.00. The number of nitrogens with zero attached hydrogens (tertiary/aromatic N) is 2. The number of carbonyl (C=O) groups is 1. The Hall–Kier alpha value is -0.580. The summed E-state index contributed by atoms with van der Waals surface area (Å²) in [6.45, 7) is 4.46. The molecular formula is C11H25IN4O3S. The molecule has 0 fully saturated rings. The van der Waals surface area contributed by atoms with E-state index in [-0.39, 0.29) is 54.5 Å². The second kappa shape index (κ2) is 11.1. The van der Waals surface area contributed by atoms with E-state index in [1.807, 2.05) is 6.92 Å². The molecule has 9 heteroatoms. The van der Waals surface area contributed by atoms with Crippen LogP contribution in [0.3, 0.4) is 0 Å². The minimum Gasteiger partial charge on any atom is -0.357 e. The molecule has 0 spiro atoms. The normalized spacial score (nSPS) is 11.5. The summed E-state index contributed by atoms with van der Waals surface area (Å²) in [5, 5.41) is 5.85. The quantitative estimate of drug-likeness (QED) is 0.335. The van der Waals surface area contributed by atoms with Gasteiger partial charge in [-0.05, 0) is 6.92 Å². The van der Waals surface area contributed by atoms with Gasteiger partial charge in [-0.15, -0.1) is 24.0 Å². The molecule has 0 aromatic rings. The predicted molar refractivity (Wildman–Crippen MR) is 92.4 cm³/mol. The maximum absolute atomic E-state index is 11.4. The third kappa shape index (κ3) is 10.2. The van der Waals surface area contributed by atoms with Crippen molar-refractivity contribution in [2.45, 2.75) is 13.8 Å². The number of nitrogens with one attached hydrogen (secondary N) is 2. The Kier molecular flexibility index (Phi) is 12.1. The van der Waals surface area contributed by atoms with Gasteiger partial charge in [0.2, 0.25) is 5.91 Å². The number of guanidine groups is 1. The fourth-order valence-electron chi connectivity index (χ4n) is 1.10.